The van der Waals surface area contributed by atoms with Crippen LogP contribution in [-0.4, -0.2) is 38.0 Å². The molecule has 90 valence electrons. The zero-order valence-corrected chi connectivity index (χ0v) is 11.0. The zero-order valence-electron chi connectivity index (χ0n) is 9.37. The van der Waals surface area contributed by atoms with Gasteiger partial charge < -0.3 is 5.73 Å². The van der Waals surface area contributed by atoms with Gasteiger partial charge >= 0.3 is 0 Å². The van der Waals surface area contributed by atoms with Crippen molar-refractivity contribution in [2.24, 2.45) is 11.1 Å². The van der Waals surface area contributed by atoms with Gasteiger partial charge in [0.05, 0.1) is 11.5 Å². The second kappa shape index (κ2) is 5.55. The van der Waals surface area contributed by atoms with Crippen molar-refractivity contribution in [3.63, 3.8) is 0 Å². The summed E-state index contributed by atoms with van der Waals surface area (Å²) in [6, 6.07) is 0. The minimum absolute atomic E-state index is 0.104. The first-order valence-corrected chi connectivity index (χ1v) is 8.49. The Bertz CT molecular complexity index is 290. The minimum atomic E-state index is -2.80. The standard InChI is InChI=1S/C10H21NO2S2/c1-2-14-6-3-4-10(8-11)5-7-15(12,13)9-10/h2-9,11H2,1H3. The Hall–Kier alpha value is 0.260. The van der Waals surface area contributed by atoms with Gasteiger partial charge in [0.15, 0.2) is 9.84 Å². The molecule has 2 N–H and O–H groups in total. The summed E-state index contributed by atoms with van der Waals surface area (Å²) in [4.78, 5) is 0. The molecule has 0 spiro atoms. The molecule has 1 atom stereocenters. The lowest BCUT2D eigenvalue weighted by Crippen LogP contribution is -2.31. The van der Waals surface area contributed by atoms with E-state index in [9.17, 15) is 8.42 Å². The van der Waals surface area contributed by atoms with Crippen molar-refractivity contribution < 1.29 is 8.42 Å². The van der Waals surface area contributed by atoms with Gasteiger partial charge in [0.25, 0.3) is 0 Å². The maximum atomic E-state index is 11.4. The predicted molar refractivity (Wildman–Crippen MR) is 67.0 cm³/mol. The largest absolute Gasteiger partial charge is 0.330 e. The maximum Gasteiger partial charge on any atom is 0.150 e. The van der Waals surface area contributed by atoms with Crippen molar-refractivity contribution in [2.45, 2.75) is 26.2 Å². The molecule has 0 aromatic rings. The molecule has 15 heavy (non-hydrogen) atoms. The molecule has 0 saturated carbocycles. The average Bonchev–Trinajstić information content (AvgIpc) is 2.50. The van der Waals surface area contributed by atoms with Gasteiger partial charge in [0, 0.05) is 0 Å². The molecule has 1 unspecified atom stereocenters. The summed E-state index contributed by atoms with van der Waals surface area (Å²) in [5.74, 6) is 2.91. The lowest BCUT2D eigenvalue weighted by atomic mass is 9.83. The minimum Gasteiger partial charge on any atom is -0.330 e. The van der Waals surface area contributed by atoms with E-state index in [-0.39, 0.29) is 5.41 Å². The van der Waals surface area contributed by atoms with Crippen LogP contribution in [0, 0.1) is 5.41 Å². The van der Waals surface area contributed by atoms with E-state index in [1.807, 2.05) is 11.8 Å². The number of sulfone groups is 1. The second-order valence-electron chi connectivity index (χ2n) is 4.35. The fourth-order valence-corrected chi connectivity index (χ4v) is 5.00. The van der Waals surface area contributed by atoms with Gasteiger partial charge in [-0.2, -0.15) is 11.8 Å². The van der Waals surface area contributed by atoms with Gasteiger partial charge in [-0.05, 0) is 42.7 Å². The average molecular weight is 251 g/mol. The van der Waals surface area contributed by atoms with Crippen LogP contribution >= 0.6 is 11.8 Å². The van der Waals surface area contributed by atoms with E-state index in [0.29, 0.717) is 18.1 Å². The monoisotopic (exact) mass is 251 g/mol. The molecule has 0 radical (unpaired) electrons. The van der Waals surface area contributed by atoms with Crippen LogP contribution in [0.5, 0.6) is 0 Å². The van der Waals surface area contributed by atoms with Crippen LogP contribution in [-0.2, 0) is 9.84 Å². The number of nitrogens with two attached hydrogens (primary N) is 1. The number of thioether (sulfide) groups is 1. The van der Waals surface area contributed by atoms with E-state index < -0.39 is 9.84 Å². The quantitative estimate of drug-likeness (QED) is 0.723. The molecule has 5 heteroatoms. The van der Waals surface area contributed by atoms with Crippen molar-refractivity contribution >= 4 is 21.6 Å². The first kappa shape index (κ1) is 13.3. The fraction of sp³-hybridized carbons (Fsp3) is 1.00. The van der Waals surface area contributed by atoms with Crippen LogP contribution in [0.1, 0.15) is 26.2 Å². The molecule has 1 fully saturated rings. The Morgan fingerprint density at radius 1 is 1.47 bits per heavy atom. The van der Waals surface area contributed by atoms with E-state index in [1.54, 1.807) is 0 Å². The van der Waals surface area contributed by atoms with Crippen molar-refractivity contribution in [1.29, 1.82) is 0 Å². The molecular formula is C10H21NO2S2. The van der Waals surface area contributed by atoms with Crippen LogP contribution in [0.25, 0.3) is 0 Å². The van der Waals surface area contributed by atoms with E-state index in [4.69, 9.17) is 5.73 Å². The lowest BCUT2D eigenvalue weighted by Gasteiger charge is -2.25. The van der Waals surface area contributed by atoms with Crippen molar-refractivity contribution in [3.05, 3.63) is 0 Å². The molecule has 0 aromatic carbocycles. The second-order valence-corrected chi connectivity index (χ2v) is 7.92. The van der Waals surface area contributed by atoms with Gasteiger partial charge in [-0.1, -0.05) is 6.92 Å². The number of hydrogen-bond acceptors (Lipinski definition) is 4. The molecule has 0 amide bonds. The van der Waals surface area contributed by atoms with Crippen molar-refractivity contribution in [1.82, 2.24) is 0 Å². The molecular weight excluding hydrogens is 230 g/mol. The fourth-order valence-electron chi connectivity index (χ4n) is 2.14. The van der Waals surface area contributed by atoms with Crippen molar-refractivity contribution in [2.75, 3.05) is 29.6 Å². The molecule has 1 aliphatic rings. The molecule has 1 rings (SSSR count). The topological polar surface area (TPSA) is 60.2 Å². The SMILES string of the molecule is CCSCCCC1(CN)CCS(=O)(=O)C1. The summed E-state index contributed by atoms with van der Waals surface area (Å²) in [5, 5.41) is 0. The summed E-state index contributed by atoms with van der Waals surface area (Å²) in [7, 11) is -2.80. The molecule has 3 nitrogen and oxygen atoms in total. The highest BCUT2D eigenvalue weighted by Gasteiger charge is 2.40. The summed E-state index contributed by atoms with van der Waals surface area (Å²) in [5.41, 5.74) is 5.63. The van der Waals surface area contributed by atoms with Crippen LogP contribution in [0.2, 0.25) is 0 Å². The van der Waals surface area contributed by atoms with Gasteiger partial charge in [-0.25, -0.2) is 8.42 Å². The molecule has 1 heterocycles. The number of rotatable bonds is 6. The van der Waals surface area contributed by atoms with Crippen LogP contribution in [0.15, 0.2) is 0 Å². The van der Waals surface area contributed by atoms with Gasteiger partial charge in [0.2, 0.25) is 0 Å². The van der Waals surface area contributed by atoms with Crippen LogP contribution in [0.3, 0.4) is 0 Å². The first-order valence-electron chi connectivity index (χ1n) is 5.52. The summed E-state index contributed by atoms with van der Waals surface area (Å²) < 4.78 is 22.9. The zero-order chi connectivity index (χ0) is 11.4. The highest BCUT2D eigenvalue weighted by atomic mass is 32.2. The van der Waals surface area contributed by atoms with Gasteiger partial charge in [0.1, 0.15) is 0 Å². The normalized spacial score (nSPS) is 29.5. The lowest BCUT2D eigenvalue weighted by molar-refractivity contribution is 0.316. The van der Waals surface area contributed by atoms with Crippen molar-refractivity contribution in [3.8, 4) is 0 Å². The van der Waals surface area contributed by atoms with Gasteiger partial charge in [-0.3, -0.25) is 0 Å². The van der Waals surface area contributed by atoms with Crippen LogP contribution < -0.4 is 5.73 Å². The summed E-state index contributed by atoms with van der Waals surface area (Å²) >= 11 is 1.91. The first-order chi connectivity index (χ1) is 7.04. The Kier molecular flexibility index (Phi) is 4.93. The predicted octanol–water partition coefficient (Wildman–Crippen LogP) is 1.28. The van der Waals surface area contributed by atoms with E-state index >= 15 is 0 Å². The highest BCUT2D eigenvalue weighted by Crippen LogP contribution is 2.36. The van der Waals surface area contributed by atoms with E-state index in [2.05, 4.69) is 6.92 Å². The highest BCUT2D eigenvalue weighted by molar-refractivity contribution is 7.99. The Balaban J connectivity index is 2.42. The molecule has 1 saturated heterocycles. The summed E-state index contributed by atoms with van der Waals surface area (Å²) in [6.07, 6.45) is 2.82. The Morgan fingerprint density at radius 2 is 2.20 bits per heavy atom. The molecule has 1 aliphatic heterocycles. The van der Waals surface area contributed by atoms with Gasteiger partial charge in [-0.15, -0.1) is 0 Å². The van der Waals surface area contributed by atoms with E-state index in [0.717, 1.165) is 30.8 Å². The maximum absolute atomic E-state index is 11.4. The molecule has 0 aliphatic carbocycles. The Labute approximate surface area is 97.1 Å². The Morgan fingerprint density at radius 3 is 2.67 bits per heavy atom. The van der Waals surface area contributed by atoms with Crippen LogP contribution in [0.4, 0.5) is 0 Å². The molecule has 0 bridgehead atoms. The smallest absolute Gasteiger partial charge is 0.150 e. The molecule has 0 aromatic heterocycles. The van der Waals surface area contributed by atoms with E-state index in [1.165, 1.54) is 0 Å². The number of hydrogen-bond donors (Lipinski definition) is 1. The summed E-state index contributed by atoms with van der Waals surface area (Å²) in [6.45, 7) is 2.66. The third-order valence-corrected chi connectivity index (χ3v) is 5.97. The third kappa shape index (κ3) is 3.96. The third-order valence-electron chi connectivity index (χ3n) is 3.10.